The molecule has 1 unspecified atom stereocenters. The van der Waals surface area contributed by atoms with Gasteiger partial charge in [0.05, 0.1) is 25.8 Å². The van der Waals surface area contributed by atoms with Crippen LogP contribution < -0.4 is 5.32 Å². The topological polar surface area (TPSA) is 50.8 Å². The molecule has 2 heterocycles. The van der Waals surface area contributed by atoms with Gasteiger partial charge in [-0.15, -0.1) is 0 Å². The lowest BCUT2D eigenvalue weighted by Gasteiger charge is -2.35. The van der Waals surface area contributed by atoms with Gasteiger partial charge in [0, 0.05) is 11.8 Å². The van der Waals surface area contributed by atoms with Crippen LogP contribution in [0.5, 0.6) is 0 Å². The summed E-state index contributed by atoms with van der Waals surface area (Å²) in [5.41, 5.74) is 0.131. The number of carbonyl (C=O) groups is 1. The molecule has 0 saturated carbocycles. The molecule has 2 fully saturated rings. The number of hydrogen-bond donors (Lipinski definition) is 1. The molecule has 0 aliphatic carbocycles. The van der Waals surface area contributed by atoms with E-state index in [0.29, 0.717) is 26.2 Å². The molecule has 0 aromatic heterocycles. The second-order valence-electron chi connectivity index (χ2n) is 5.83. The lowest BCUT2D eigenvalue weighted by molar-refractivity contribution is -0.125. The van der Waals surface area contributed by atoms with E-state index >= 15 is 0 Å². The Morgan fingerprint density at radius 1 is 1.17 bits per heavy atom. The van der Waals surface area contributed by atoms with Crippen LogP contribution in [0.3, 0.4) is 0 Å². The molecule has 1 aromatic carbocycles. The molecule has 2 aliphatic heterocycles. The Balaban J connectivity index is 1.65. The highest BCUT2D eigenvalue weighted by molar-refractivity contribution is 5.94. The molecule has 5 nitrogen and oxygen atoms in total. The molecule has 2 saturated heterocycles. The van der Waals surface area contributed by atoms with Crippen LogP contribution in [0.15, 0.2) is 18.2 Å². The van der Waals surface area contributed by atoms with Crippen molar-refractivity contribution in [3.05, 3.63) is 29.8 Å². The molecule has 23 heavy (non-hydrogen) atoms. The molecular formula is C16H20F2N2O3. The van der Waals surface area contributed by atoms with Crippen molar-refractivity contribution in [2.75, 3.05) is 31.6 Å². The molecule has 2 aliphatic rings. The Labute approximate surface area is 133 Å². The molecule has 1 amide bonds. The van der Waals surface area contributed by atoms with Crippen molar-refractivity contribution >= 4 is 11.6 Å². The molecular weight excluding hydrogens is 306 g/mol. The van der Waals surface area contributed by atoms with Gasteiger partial charge in [0.2, 0.25) is 5.91 Å². The maximum Gasteiger partial charge on any atom is 0.241 e. The number of rotatable bonds is 4. The highest BCUT2D eigenvalue weighted by atomic mass is 19.1. The van der Waals surface area contributed by atoms with Crippen molar-refractivity contribution in [1.29, 1.82) is 0 Å². The molecule has 7 heteroatoms. The van der Waals surface area contributed by atoms with Gasteiger partial charge in [0.1, 0.15) is 11.6 Å². The lowest BCUT2D eigenvalue weighted by Crippen LogP contribution is -2.49. The number of hydrogen-bond acceptors (Lipinski definition) is 4. The number of ether oxygens (including phenoxy) is 2. The first kappa shape index (κ1) is 16.3. The second-order valence-corrected chi connectivity index (χ2v) is 5.83. The molecule has 1 atom stereocenters. The summed E-state index contributed by atoms with van der Waals surface area (Å²) in [4.78, 5) is 14.5. The van der Waals surface area contributed by atoms with Crippen molar-refractivity contribution in [3.63, 3.8) is 0 Å². The van der Waals surface area contributed by atoms with Crippen molar-refractivity contribution in [1.82, 2.24) is 4.90 Å². The fourth-order valence-electron chi connectivity index (χ4n) is 3.06. The number of nitrogens with one attached hydrogen (secondary N) is 1. The van der Waals surface area contributed by atoms with Gasteiger partial charge in [0.25, 0.3) is 0 Å². The van der Waals surface area contributed by atoms with Crippen LogP contribution in [0.4, 0.5) is 14.5 Å². The van der Waals surface area contributed by atoms with Gasteiger partial charge in [-0.3, -0.25) is 9.69 Å². The third-order valence-electron chi connectivity index (χ3n) is 4.12. The zero-order valence-electron chi connectivity index (χ0n) is 12.8. The van der Waals surface area contributed by atoms with Crippen molar-refractivity contribution in [3.8, 4) is 0 Å². The number of likely N-dealkylation sites (tertiary alicyclic amines) is 1. The highest BCUT2D eigenvalue weighted by Gasteiger charge is 2.31. The summed E-state index contributed by atoms with van der Waals surface area (Å²) in [5.74, 6) is -1.69. The predicted octanol–water partition coefficient (Wildman–Crippen LogP) is 2.13. The highest BCUT2D eigenvalue weighted by Crippen LogP contribution is 2.21. The van der Waals surface area contributed by atoms with Crippen LogP contribution in [0, 0.1) is 11.6 Å². The van der Waals surface area contributed by atoms with Crippen molar-refractivity contribution in [2.24, 2.45) is 0 Å². The normalized spacial score (nSPS) is 23.1. The quantitative estimate of drug-likeness (QED) is 0.921. The maximum absolute atomic E-state index is 13.2. The summed E-state index contributed by atoms with van der Waals surface area (Å²) in [5, 5.41) is 2.61. The number of carbonyl (C=O) groups excluding carboxylic acids is 1. The van der Waals surface area contributed by atoms with Crippen LogP contribution in [-0.4, -0.2) is 49.4 Å². The van der Waals surface area contributed by atoms with Crippen molar-refractivity contribution in [2.45, 2.75) is 31.6 Å². The van der Waals surface area contributed by atoms with Crippen LogP contribution in [0.1, 0.15) is 19.3 Å². The van der Waals surface area contributed by atoms with Gasteiger partial charge in [-0.1, -0.05) is 6.42 Å². The minimum atomic E-state index is -0.714. The monoisotopic (exact) mass is 326 g/mol. The zero-order valence-corrected chi connectivity index (χ0v) is 12.8. The summed E-state index contributed by atoms with van der Waals surface area (Å²) in [6.45, 7) is 2.43. The summed E-state index contributed by atoms with van der Waals surface area (Å²) >= 11 is 0. The minimum Gasteiger partial charge on any atom is -0.349 e. The Kier molecular flexibility index (Phi) is 5.20. The van der Waals surface area contributed by atoms with Crippen LogP contribution in [0.2, 0.25) is 0 Å². The third-order valence-corrected chi connectivity index (χ3v) is 4.12. The average Bonchev–Trinajstić information content (AvgIpc) is 2.99. The first-order valence-corrected chi connectivity index (χ1v) is 7.86. The zero-order chi connectivity index (χ0) is 16.2. The van der Waals surface area contributed by atoms with E-state index in [1.165, 1.54) is 0 Å². The van der Waals surface area contributed by atoms with E-state index in [2.05, 4.69) is 5.32 Å². The molecule has 0 bridgehead atoms. The smallest absolute Gasteiger partial charge is 0.241 e. The minimum absolute atomic E-state index is 0.131. The van der Waals surface area contributed by atoms with Crippen LogP contribution in [-0.2, 0) is 14.3 Å². The Morgan fingerprint density at radius 3 is 2.57 bits per heavy atom. The third kappa shape index (κ3) is 4.25. The van der Waals surface area contributed by atoms with Gasteiger partial charge in [-0.05, 0) is 31.5 Å². The van der Waals surface area contributed by atoms with Crippen LogP contribution >= 0.6 is 0 Å². The van der Waals surface area contributed by atoms with E-state index in [4.69, 9.17) is 9.47 Å². The van der Waals surface area contributed by atoms with E-state index in [9.17, 15) is 13.6 Å². The predicted molar refractivity (Wildman–Crippen MR) is 79.9 cm³/mol. The summed E-state index contributed by atoms with van der Waals surface area (Å²) in [7, 11) is 0. The summed E-state index contributed by atoms with van der Waals surface area (Å²) in [6.07, 6.45) is 2.34. The van der Waals surface area contributed by atoms with E-state index in [1.807, 2.05) is 4.90 Å². The molecule has 1 N–H and O–H groups in total. The average molecular weight is 326 g/mol. The number of anilines is 1. The SMILES string of the molecule is O=C(Nc1cc(F)cc(F)c1)C1CCCCN1CC1OCCO1. The summed E-state index contributed by atoms with van der Waals surface area (Å²) < 4.78 is 37.3. The number of benzene rings is 1. The maximum atomic E-state index is 13.2. The Hall–Kier alpha value is -1.57. The molecule has 126 valence electrons. The Bertz CT molecular complexity index is 544. The first-order valence-electron chi connectivity index (χ1n) is 7.86. The van der Waals surface area contributed by atoms with E-state index in [0.717, 1.165) is 37.6 Å². The fourth-order valence-corrected chi connectivity index (χ4v) is 3.06. The van der Waals surface area contributed by atoms with Gasteiger partial charge < -0.3 is 14.8 Å². The molecule has 0 radical (unpaired) electrons. The molecule has 3 rings (SSSR count). The van der Waals surface area contributed by atoms with Crippen LogP contribution in [0.25, 0.3) is 0 Å². The number of halogens is 2. The first-order chi connectivity index (χ1) is 11.1. The number of amides is 1. The molecule has 1 aromatic rings. The van der Waals surface area contributed by atoms with Gasteiger partial charge in [0.15, 0.2) is 6.29 Å². The lowest BCUT2D eigenvalue weighted by atomic mass is 10.0. The molecule has 0 spiro atoms. The largest absolute Gasteiger partial charge is 0.349 e. The Morgan fingerprint density at radius 2 is 1.87 bits per heavy atom. The van der Waals surface area contributed by atoms with E-state index in [1.54, 1.807) is 0 Å². The number of piperidine rings is 1. The summed E-state index contributed by atoms with van der Waals surface area (Å²) in [6, 6.07) is 2.65. The van der Waals surface area contributed by atoms with E-state index < -0.39 is 11.6 Å². The van der Waals surface area contributed by atoms with Gasteiger partial charge >= 0.3 is 0 Å². The number of nitrogens with zero attached hydrogens (tertiary/aromatic N) is 1. The van der Waals surface area contributed by atoms with E-state index in [-0.39, 0.29) is 23.9 Å². The second kappa shape index (κ2) is 7.33. The standard InChI is InChI=1S/C16H20F2N2O3/c17-11-7-12(18)9-13(8-11)19-16(21)14-3-1-2-4-20(14)10-15-22-5-6-23-15/h7-9,14-15H,1-6,10H2,(H,19,21). The van der Waals surface area contributed by atoms with Gasteiger partial charge in [-0.25, -0.2) is 8.78 Å². The van der Waals surface area contributed by atoms with Gasteiger partial charge in [-0.2, -0.15) is 0 Å². The fraction of sp³-hybridized carbons (Fsp3) is 0.562. The van der Waals surface area contributed by atoms with Crippen molar-refractivity contribution < 1.29 is 23.0 Å².